The lowest BCUT2D eigenvalue weighted by atomic mass is 9.98. The minimum Gasteiger partial charge on any atom is -0.366 e. The van der Waals surface area contributed by atoms with Gasteiger partial charge < -0.3 is 15.5 Å². The van der Waals surface area contributed by atoms with E-state index in [1.165, 1.54) is 0 Å². The van der Waals surface area contributed by atoms with Crippen molar-refractivity contribution in [3.8, 4) is 0 Å². The average molecular weight is 554 g/mol. The molecule has 0 aliphatic carbocycles. The molecule has 0 unspecified atom stereocenters. The molecular weight excluding hydrogens is 519 g/mol. The maximum Gasteiger partial charge on any atom is 0.255 e. The number of hydrogen-bond donors (Lipinski definition) is 1. The van der Waals surface area contributed by atoms with Crippen LogP contribution in [0.1, 0.15) is 53.0 Å². The quantitative estimate of drug-likeness (QED) is 0.334. The number of benzene rings is 3. The van der Waals surface area contributed by atoms with Crippen molar-refractivity contribution in [2.24, 2.45) is 5.73 Å². The summed E-state index contributed by atoms with van der Waals surface area (Å²) in [5.74, 6) is -0.481. The van der Waals surface area contributed by atoms with Gasteiger partial charge in [-0.1, -0.05) is 47.5 Å². The van der Waals surface area contributed by atoms with E-state index in [0.717, 1.165) is 49.4 Å². The molecular formula is C30H34Cl2N4O2. The molecule has 200 valence electrons. The van der Waals surface area contributed by atoms with Gasteiger partial charge in [0.25, 0.3) is 5.91 Å². The van der Waals surface area contributed by atoms with E-state index in [1.54, 1.807) is 12.1 Å². The van der Waals surface area contributed by atoms with E-state index in [-0.39, 0.29) is 11.9 Å². The van der Waals surface area contributed by atoms with Crippen LogP contribution in [0.2, 0.25) is 10.0 Å². The van der Waals surface area contributed by atoms with Crippen LogP contribution in [0.15, 0.2) is 66.7 Å². The lowest BCUT2D eigenvalue weighted by Crippen LogP contribution is -2.43. The summed E-state index contributed by atoms with van der Waals surface area (Å²) in [6, 6.07) is 20.8. The largest absolute Gasteiger partial charge is 0.366 e. The van der Waals surface area contributed by atoms with Gasteiger partial charge in [0.15, 0.2) is 0 Å². The van der Waals surface area contributed by atoms with Crippen molar-refractivity contribution in [1.29, 1.82) is 0 Å². The van der Waals surface area contributed by atoms with E-state index in [1.807, 2.05) is 73.3 Å². The van der Waals surface area contributed by atoms with Gasteiger partial charge in [-0.05, 0) is 74.7 Å². The summed E-state index contributed by atoms with van der Waals surface area (Å²) in [6.45, 7) is 7.71. The first kappa shape index (κ1) is 28.0. The molecule has 0 aromatic heterocycles. The smallest absolute Gasteiger partial charge is 0.255 e. The summed E-state index contributed by atoms with van der Waals surface area (Å²) in [7, 11) is 0. The van der Waals surface area contributed by atoms with Crippen molar-refractivity contribution in [2.75, 3.05) is 31.1 Å². The molecule has 8 heteroatoms. The van der Waals surface area contributed by atoms with E-state index in [4.69, 9.17) is 28.9 Å². The Morgan fingerprint density at radius 1 is 0.947 bits per heavy atom. The van der Waals surface area contributed by atoms with Gasteiger partial charge >= 0.3 is 0 Å². The number of halogens is 2. The molecule has 1 aliphatic heterocycles. The van der Waals surface area contributed by atoms with Gasteiger partial charge in [0, 0.05) is 60.1 Å². The van der Waals surface area contributed by atoms with Crippen LogP contribution in [0.25, 0.3) is 0 Å². The van der Waals surface area contributed by atoms with Crippen LogP contribution in [0.4, 0.5) is 11.4 Å². The molecule has 0 atom stereocenters. The number of carbonyl (C=O) groups excluding carboxylic acids is 2. The Morgan fingerprint density at radius 3 is 2.32 bits per heavy atom. The molecule has 1 aliphatic rings. The SMILES string of the molecule is CCN(CC)C(=O)c1ccccc1N(c1cccc(C(N)=O)c1)C1CCN(Cc2ccc(Cl)cc2Cl)CC1. The van der Waals surface area contributed by atoms with E-state index < -0.39 is 5.91 Å². The van der Waals surface area contributed by atoms with Crippen LogP contribution >= 0.6 is 23.2 Å². The number of nitrogens with zero attached hydrogens (tertiary/aromatic N) is 3. The van der Waals surface area contributed by atoms with Crippen molar-refractivity contribution in [1.82, 2.24) is 9.80 Å². The first-order valence-electron chi connectivity index (χ1n) is 13.1. The summed E-state index contributed by atoms with van der Waals surface area (Å²) in [5, 5.41) is 1.30. The monoisotopic (exact) mass is 552 g/mol. The van der Waals surface area contributed by atoms with Gasteiger partial charge in [-0.3, -0.25) is 14.5 Å². The number of anilines is 2. The van der Waals surface area contributed by atoms with E-state index in [2.05, 4.69) is 9.80 Å². The van der Waals surface area contributed by atoms with Gasteiger partial charge in [0.2, 0.25) is 5.91 Å². The predicted molar refractivity (Wildman–Crippen MR) is 156 cm³/mol. The molecule has 2 amide bonds. The second-order valence-corrected chi connectivity index (χ2v) is 10.4. The topological polar surface area (TPSA) is 69.9 Å². The maximum atomic E-state index is 13.5. The van der Waals surface area contributed by atoms with Crippen LogP contribution in [0, 0.1) is 0 Å². The summed E-state index contributed by atoms with van der Waals surface area (Å²) in [5.41, 5.74) is 9.45. The summed E-state index contributed by atoms with van der Waals surface area (Å²) in [6.07, 6.45) is 1.75. The van der Waals surface area contributed by atoms with Crippen LogP contribution < -0.4 is 10.6 Å². The standard InChI is InChI=1S/C30H34Cl2N4O2/c1-3-35(4-2)30(38)26-10-5-6-11-28(26)36(25-9-7-8-21(18-25)29(33)37)24-14-16-34(17-15-24)20-22-12-13-23(31)19-27(22)32/h5-13,18-19,24H,3-4,14-17,20H2,1-2H3,(H2,33,37). The van der Waals surface area contributed by atoms with Gasteiger partial charge in [-0.15, -0.1) is 0 Å². The zero-order chi connectivity index (χ0) is 27.2. The Labute approximate surface area is 234 Å². The average Bonchev–Trinajstić information content (AvgIpc) is 2.92. The van der Waals surface area contributed by atoms with Crippen molar-refractivity contribution in [3.05, 3.63) is 93.5 Å². The third kappa shape index (κ3) is 6.32. The highest BCUT2D eigenvalue weighted by molar-refractivity contribution is 6.35. The number of nitrogens with two attached hydrogens (primary N) is 1. The minimum atomic E-state index is -0.478. The third-order valence-electron chi connectivity index (χ3n) is 7.18. The highest BCUT2D eigenvalue weighted by Crippen LogP contribution is 2.36. The molecule has 4 rings (SSSR count). The molecule has 1 heterocycles. The number of carbonyl (C=O) groups is 2. The van der Waals surface area contributed by atoms with Crippen LogP contribution in [0.5, 0.6) is 0 Å². The highest BCUT2D eigenvalue weighted by Gasteiger charge is 2.30. The number of para-hydroxylation sites is 1. The van der Waals surface area contributed by atoms with Crippen molar-refractivity contribution in [2.45, 2.75) is 39.3 Å². The predicted octanol–water partition coefficient (Wildman–Crippen LogP) is 6.38. The van der Waals surface area contributed by atoms with E-state index in [9.17, 15) is 9.59 Å². The molecule has 0 saturated carbocycles. The zero-order valence-corrected chi connectivity index (χ0v) is 23.4. The second-order valence-electron chi connectivity index (χ2n) is 9.52. The molecule has 3 aromatic rings. The molecule has 1 fully saturated rings. The Bertz CT molecular complexity index is 1290. The molecule has 3 aromatic carbocycles. The third-order valence-corrected chi connectivity index (χ3v) is 7.77. The fraction of sp³-hybridized carbons (Fsp3) is 0.333. The Morgan fingerprint density at radius 2 is 1.66 bits per heavy atom. The summed E-state index contributed by atoms with van der Waals surface area (Å²) >= 11 is 12.5. The van der Waals surface area contributed by atoms with Gasteiger partial charge in [0.05, 0.1) is 11.3 Å². The lowest BCUT2D eigenvalue weighted by molar-refractivity contribution is 0.0773. The second kappa shape index (κ2) is 12.7. The summed E-state index contributed by atoms with van der Waals surface area (Å²) in [4.78, 5) is 32.0. The fourth-order valence-electron chi connectivity index (χ4n) is 5.13. The molecule has 0 spiro atoms. The molecule has 38 heavy (non-hydrogen) atoms. The molecule has 0 bridgehead atoms. The van der Waals surface area contributed by atoms with Gasteiger partial charge in [0.1, 0.15) is 0 Å². The van der Waals surface area contributed by atoms with Crippen molar-refractivity contribution >= 4 is 46.4 Å². The van der Waals surface area contributed by atoms with Crippen LogP contribution in [0.3, 0.4) is 0 Å². The molecule has 6 nitrogen and oxygen atoms in total. The number of piperidine rings is 1. The van der Waals surface area contributed by atoms with Gasteiger partial charge in [-0.25, -0.2) is 0 Å². The minimum absolute atomic E-state index is 0.00327. The number of amides is 2. The Kier molecular flexibility index (Phi) is 9.31. The maximum absolute atomic E-state index is 13.5. The van der Waals surface area contributed by atoms with Crippen LogP contribution in [-0.2, 0) is 6.54 Å². The van der Waals surface area contributed by atoms with Crippen molar-refractivity contribution in [3.63, 3.8) is 0 Å². The molecule has 2 N–H and O–H groups in total. The fourth-order valence-corrected chi connectivity index (χ4v) is 5.60. The number of likely N-dealkylation sites (tertiary alicyclic amines) is 1. The first-order chi connectivity index (χ1) is 18.3. The number of rotatable bonds is 9. The Hall–Kier alpha value is -3.06. The number of hydrogen-bond acceptors (Lipinski definition) is 4. The normalized spacial score (nSPS) is 14.3. The van der Waals surface area contributed by atoms with Crippen molar-refractivity contribution < 1.29 is 9.59 Å². The van der Waals surface area contributed by atoms with E-state index >= 15 is 0 Å². The number of primary amides is 1. The zero-order valence-electron chi connectivity index (χ0n) is 21.9. The lowest BCUT2D eigenvalue weighted by Gasteiger charge is -2.41. The molecule has 1 saturated heterocycles. The summed E-state index contributed by atoms with van der Waals surface area (Å²) < 4.78 is 0. The first-order valence-corrected chi connectivity index (χ1v) is 13.8. The Balaban J connectivity index is 1.66. The molecule has 0 radical (unpaired) electrons. The van der Waals surface area contributed by atoms with Crippen LogP contribution in [-0.4, -0.2) is 53.8 Å². The van der Waals surface area contributed by atoms with E-state index in [0.29, 0.717) is 34.3 Å². The highest BCUT2D eigenvalue weighted by atomic mass is 35.5. The van der Waals surface area contributed by atoms with Gasteiger partial charge in [-0.2, -0.15) is 0 Å².